The summed E-state index contributed by atoms with van der Waals surface area (Å²) >= 11 is 3.56. The van der Waals surface area contributed by atoms with E-state index in [1.165, 1.54) is 28.4 Å². The van der Waals surface area contributed by atoms with Crippen LogP contribution in [-0.4, -0.2) is 6.54 Å². The van der Waals surface area contributed by atoms with E-state index in [0.29, 0.717) is 12.0 Å². The first-order chi connectivity index (χ1) is 8.10. The fraction of sp³-hybridized carbons (Fsp3) is 0.600. The molecule has 2 atom stereocenters. The molecule has 17 heavy (non-hydrogen) atoms. The molecule has 0 aliphatic heterocycles. The minimum atomic E-state index is 0.478. The maximum atomic E-state index is 3.67. The lowest BCUT2D eigenvalue weighted by Crippen LogP contribution is -2.27. The number of rotatable bonds is 6. The molecule has 1 N–H and O–H groups in total. The molecule has 0 aliphatic rings. The standard InChI is InChI=1S/C15H24BrN/c1-5-9-17-15(11(3)6-2)13-7-8-14(16)12(4)10-13/h7-8,10-11,15,17H,5-6,9H2,1-4H3. The first-order valence-corrected chi connectivity index (χ1v) is 7.38. The minimum Gasteiger partial charge on any atom is -0.310 e. The van der Waals surface area contributed by atoms with Gasteiger partial charge in [0.25, 0.3) is 0 Å². The average molecular weight is 298 g/mol. The molecule has 2 heteroatoms. The van der Waals surface area contributed by atoms with Crippen molar-refractivity contribution in [3.63, 3.8) is 0 Å². The van der Waals surface area contributed by atoms with Crippen LogP contribution in [0.4, 0.5) is 0 Å². The van der Waals surface area contributed by atoms with Gasteiger partial charge in [-0.25, -0.2) is 0 Å². The number of hydrogen-bond donors (Lipinski definition) is 1. The summed E-state index contributed by atoms with van der Waals surface area (Å²) in [5.41, 5.74) is 2.72. The van der Waals surface area contributed by atoms with Gasteiger partial charge < -0.3 is 5.32 Å². The molecule has 0 saturated heterocycles. The summed E-state index contributed by atoms with van der Waals surface area (Å²) in [6.45, 7) is 10.0. The summed E-state index contributed by atoms with van der Waals surface area (Å²) < 4.78 is 1.19. The monoisotopic (exact) mass is 297 g/mol. The van der Waals surface area contributed by atoms with Gasteiger partial charge in [-0.15, -0.1) is 0 Å². The highest BCUT2D eigenvalue weighted by Crippen LogP contribution is 2.27. The summed E-state index contributed by atoms with van der Waals surface area (Å²) in [7, 11) is 0. The molecule has 0 fully saturated rings. The fourth-order valence-electron chi connectivity index (χ4n) is 2.04. The second kappa shape index (κ2) is 7.17. The van der Waals surface area contributed by atoms with Gasteiger partial charge in [-0.2, -0.15) is 0 Å². The molecule has 1 rings (SSSR count). The van der Waals surface area contributed by atoms with Crippen LogP contribution in [0.2, 0.25) is 0 Å². The van der Waals surface area contributed by atoms with Crippen LogP contribution < -0.4 is 5.32 Å². The lowest BCUT2D eigenvalue weighted by atomic mass is 9.91. The molecule has 0 heterocycles. The summed E-state index contributed by atoms with van der Waals surface area (Å²) in [6, 6.07) is 7.17. The second-order valence-electron chi connectivity index (χ2n) is 4.83. The van der Waals surface area contributed by atoms with Crippen LogP contribution in [0.15, 0.2) is 22.7 Å². The quantitative estimate of drug-likeness (QED) is 0.792. The van der Waals surface area contributed by atoms with Gasteiger partial charge in [-0.3, -0.25) is 0 Å². The molecule has 1 aromatic carbocycles. The van der Waals surface area contributed by atoms with E-state index >= 15 is 0 Å². The van der Waals surface area contributed by atoms with Crippen molar-refractivity contribution < 1.29 is 0 Å². The average Bonchev–Trinajstić information content (AvgIpc) is 2.33. The van der Waals surface area contributed by atoms with Gasteiger partial charge >= 0.3 is 0 Å². The van der Waals surface area contributed by atoms with Crippen LogP contribution in [0.1, 0.15) is 50.8 Å². The Balaban J connectivity index is 2.91. The van der Waals surface area contributed by atoms with E-state index in [2.05, 4.69) is 67.1 Å². The molecule has 96 valence electrons. The third kappa shape index (κ3) is 4.11. The molecule has 0 aromatic heterocycles. The Morgan fingerprint density at radius 3 is 2.53 bits per heavy atom. The molecule has 0 radical (unpaired) electrons. The second-order valence-corrected chi connectivity index (χ2v) is 5.68. The van der Waals surface area contributed by atoms with Gasteiger partial charge in [0.15, 0.2) is 0 Å². The van der Waals surface area contributed by atoms with E-state index in [-0.39, 0.29) is 0 Å². The minimum absolute atomic E-state index is 0.478. The molecule has 2 unspecified atom stereocenters. The van der Waals surface area contributed by atoms with Crippen LogP contribution >= 0.6 is 15.9 Å². The Labute approximate surface area is 114 Å². The van der Waals surface area contributed by atoms with Gasteiger partial charge in [-0.05, 0) is 43.0 Å². The molecular formula is C15H24BrN. The first kappa shape index (κ1) is 14.7. The predicted octanol–water partition coefficient (Wildman–Crippen LogP) is 4.84. The van der Waals surface area contributed by atoms with E-state index in [1.807, 2.05) is 0 Å². The highest BCUT2D eigenvalue weighted by molar-refractivity contribution is 9.10. The smallest absolute Gasteiger partial charge is 0.0346 e. The number of halogens is 1. The number of benzene rings is 1. The molecule has 0 amide bonds. The number of aryl methyl sites for hydroxylation is 1. The van der Waals surface area contributed by atoms with Crippen molar-refractivity contribution in [1.82, 2.24) is 5.32 Å². The zero-order valence-corrected chi connectivity index (χ0v) is 13.0. The largest absolute Gasteiger partial charge is 0.310 e. The van der Waals surface area contributed by atoms with Crippen LogP contribution in [0.25, 0.3) is 0 Å². The van der Waals surface area contributed by atoms with Crippen molar-refractivity contribution in [2.24, 2.45) is 5.92 Å². The molecule has 1 nitrogen and oxygen atoms in total. The Kier molecular flexibility index (Phi) is 6.21. The summed E-state index contributed by atoms with van der Waals surface area (Å²) in [6.07, 6.45) is 2.39. The molecule has 0 aliphatic carbocycles. The fourth-order valence-corrected chi connectivity index (χ4v) is 2.29. The summed E-state index contributed by atoms with van der Waals surface area (Å²) in [5.74, 6) is 0.669. The molecule has 0 bridgehead atoms. The van der Waals surface area contributed by atoms with Gasteiger partial charge in [0, 0.05) is 10.5 Å². The molecule has 0 spiro atoms. The van der Waals surface area contributed by atoms with Gasteiger partial charge in [0.2, 0.25) is 0 Å². The maximum absolute atomic E-state index is 3.67. The summed E-state index contributed by atoms with van der Waals surface area (Å²) in [4.78, 5) is 0. The molecule has 0 saturated carbocycles. The van der Waals surface area contributed by atoms with Crippen LogP contribution in [0.5, 0.6) is 0 Å². The van der Waals surface area contributed by atoms with Crippen molar-refractivity contribution in [2.75, 3.05) is 6.54 Å². The highest BCUT2D eigenvalue weighted by Gasteiger charge is 2.17. The lowest BCUT2D eigenvalue weighted by molar-refractivity contribution is 0.377. The van der Waals surface area contributed by atoms with Crippen molar-refractivity contribution in [1.29, 1.82) is 0 Å². The van der Waals surface area contributed by atoms with Crippen molar-refractivity contribution in [3.8, 4) is 0 Å². The van der Waals surface area contributed by atoms with Crippen molar-refractivity contribution >= 4 is 15.9 Å². The van der Waals surface area contributed by atoms with Crippen LogP contribution in [-0.2, 0) is 0 Å². The van der Waals surface area contributed by atoms with Gasteiger partial charge in [-0.1, -0.05) is 55.3 Å². The lowest BCUT2D eigenvalue weighted by Gasteiger charge is -2.25. The van der Waals surface area contributed by atoms with E-state index in [1.54, 1.807) is 0 Å². The first-order valence-electron chi connectivity index (χ1n) is 6.59. The molecular weight excluding hydrogens is 274 g/mol. The Hall–Kier alpha value is -0.340. The zero-order valence-electron chi connectivity index (χ0n) is 11.4. The van der Waals surface area contributed by atoms with Gasteiger partial charge in [0.1, 0.15) is 0 Å². The zero-order chi connectivity index (χ0) is 12.8. The SMILES string of the molecule is CCCNC(c1ccc(Br)c(C)c1)C(C)CC. The van der Waals surface area contributed by atoms with Gasteiger partial charge in [0.05, 0.1) is 0 Å². The number of hydrogen-bond acceptors (Lipinski definition) is 1. The third-order valence-corrected chi connectivity index (χ3v) is 4.26. The Morgan fingerprint density at radius 1 is 1.29 bits per heavy atom. The molecule has 1 aromatic rings. The van der Waals surface area contributed by atoms with Crippen LogP contribution in [0.3, 0.4) is 0 Å². The number of nitrogens with one attached hydrogen (secondary N) is 1. The third-order valence-electron chi connectivity index (χ3n) is 3.37. The Bertz CT molecular complexity index is 349. The maximum Gasteiger partial charge on any atom is 0.0346 e. The van der Waals surface area contributed by atoms with E-state index < -0.39 is 0 Å². The van der Waals surface area contributed by atoms with Crippen molar-refractivity contribution in [3.05, 3.63) is 33.8 Å². The van der Waals surface area contributed by atoms with E-state index in [9.17, 15) is 0 Å². The highest BCUT2D eigenvalue weighted by atomic mass is 79.9. The van der Waals surface area contributed by atoms with Crippen molar-refractivity contribution in [2.45, 2.75) is 46.6 Å². The topological polar surface area (TPSA) is 12.0 Å². The van der Waals surface area contributed by atoms with E-state index in [0.717, 1.165) is 6.54 Å². The summed E-state index contributed by atoms with van der Waals surface area (Å²) in [5, 5.41) is 3.67. The predicted molar refractivity (Wildman–Crippen MR) is 79.4 cm³/mol. The Morgan fingerprint density at radius 2 is 2.00 bits per heavy atom. The van der Waals surface area contributed by atoms with E-state index in [4.69, 9.17) is 0 Å². The van der Waals surface area contributed by atoms with Crippen LogP contribution in [0, 0.1) is 12.8 Å². The normalized spacial score (nSPS) is 14.6.